The third kappa shape index (κ3) is 18.5. The van der Waals surface area contributed by atoms with Crippen molar-refractivity contribution in [3.8, 4) is 23.0 Å². The number of phenols is 4. The SMILES string of the molecule is CC(C)c1cc(C(=O)[O-])c(O)c(C(C)C)c1.CC(C)c1cc(C(=O)[O-])c(O)c(C(C)C)c1.CC(C)c1cc(C(=O)[O-])c(O)c(C(C)C)c1.CC(C)c1cc(C(=O)[O-])c(O)c(C(C)C)c1.O.[Cu+2].[Cu+2]. The molecule has 0 amide bonds. The molecule has 4 aromatic carbocycles. The van der Waals surface area contributed by atoms with Crippen LogP contribution < -0.4 is 20.4 Å². The summed E-state index contributed by atoms with van der Waals surface area (Å²) in [6.07, 6.45) is 0. The molecular formula is C52H70Cu2O13. The van der Waals surface area contributed by atoms with Crippen LogP contribution in [0.2, 0.25) is 0 Å². The molecule has 0 aliphatic heterocycles. The molecule has 378 valence electrons. The van der Waals surface area contributed by atoms with Gasteiger partial charge in [-0.1, -0.05) is 135 Å². The molecule has 0 bridgehead atoms. The van der Waals surface area contributed by atoms with Gasteiger partial charge in [-0.05, 0) is 116 Å². The van der Waals surface area contributed by atoms with Gasteiger partial charge in [-0.15, -0.1) is 0 Å². The van der Waals surface area contributed by atoms with Crippen LogP contribution >= 0.6 is 0 Å². The van der Waals surface area contributed by atoms with Gasteiger partial charge in [0.2, 0.25) is 0 Å². The summed E-state index contributed by atoms with van der Waals surface area (Å²) in [5.74, 6) is -4.80. The van der Waals surface area contributed by atoms with Crippen molar-refractivity contribution >= 4 is 23.9 Å². The van der Waals surface area contributed by atoms with Gasteiger partial charge >= 0.3 is 34.1 Å². The normalized spacial score (nSPS) is 10.6. The van der Waals surface area contributed by atoms with E-state index in [1.165, 1.54) is 24.3 Å². The van der Waals surface area contributed by atoms with Gasteiger partial charge in [0, 0.05) is 22.3 Å². The number of hydrogen-bond acceptors (Lipinski definition) is 12. The molecule has 6 N–H and O–H groups in total. The molecule has 15 heteroatoms. The van der Waals surface area contributed by atoms with Crippen molar-refractivity contribution in [3.63, 3.8) is 0 Å². The van der Waals surface area contributed by atoms with Gasteiger partial charge in [0.25, 0.3) is 0 Å². The monoisotopic (exact) mass is 1030 g/mol. The fraction of sp³-hybridized carbons (Fsp3) is 0.462. The van der Waals surface area contributed by atoms with E-state index in [2.05, 4.69) is 0 Å². The van der Waals surface area contributed by atoms with E-state index in [1.807, 2.05) is 135 Å². The second-order valence-corrected chi connectivity index (χ2v) is 18.4. The van der Waals surface area contributed by atoms with Gasteiger partial charge in [0.05, 0.1) is 23.9 Å². The van der Waals surface area contributed by atoms with Crippen molar-refractivity contribution in [2.45, 2.75) is 158 Å². The summed E-state index contributed by atoms with van der Waals surface area (Å²) in [4.78, 5) is 43.6. The summed E-state index contributed by atoms with van der Waals surface area (Å²) in [6, 6.07) is 13.4. The first kappa shape index (κ1) is 66.2. The van der Waals surface area contributed by atoms with Crippen LogP contribution in [0.3, 0.4) is 0 Å². The van der Waals surface area contributed by atoms with E-state index in [-0.39, 0.29) is 132 Å². The van der Waals surface area contributed by atoms with Crippen LogP contribution in [0.15, 0.2) is 48.5 Å². The smallest absolute Gasteiger partial charge is 0.545 e. The maximum atomic E-state index is 10.9. The molecule has 4 aromatic rings. The summed E-state index contributed by atoms with van der Waals surface area (Å²) in [7, 11) is 0. The Morgan fingerprint density at radius 3 is 0.537 bits per heavy atom. The topological polar surface area (TPSA) is 273 Å². The quantitative estimate of drug-likeness (QED) is 0.103. The Morgan fingerprint density at radius 1 is 0.313 bits per heavy atom. The van der Waals surface area contributed by atoms with E-state index in [9.17, 15) is 60.0 Å². The van der Waals surface area contributed by atoms with Gasteiger partial charge in [-0.2, -0.15) is 0 Å². The molecule has 0 saturated heterocycles. The Hall–Kier alpha value is -5.04. The van der Waals surface area contributed by atoms with E-state index in [0.29, 0.717) is 22.3 Å². The van der Waals surface area contributed by atoms with Gasteiger partial charge < -0.3 is 65.5 Å². The minimum Gasteiger partial charge on any atom is -0.545 e. The molecule has 67 heavy (non-hydrogen) atoms. The number of aromatic carboxylic acids is 4. The average Bonchev–Trinajstić information content (AvgIpc) is 3.17. The summed E-state index contributed by atoms with van der Waals surface area (Å²) >= 11 is 0. The first-order chi connectivity index (χ1) is 29.4. The summed E-state index contributed by atoms with van der Waals surface area (Å²) < 4.78 is 0. The van der Waals surface area contributed by atoms with Crippen LogP contribution in [0.1, 0.15) is 244 Å². The third-order valence-electron chi connectivity index (χ3n) is 10.7. The van der Waals surface area contributed by atoms with Crippen molar-refractivity contribution in [2.75, 3.05) is 0 Å². The zero-order valence-electron chi connectivity index (χ0n) is 41.4. The van der Waals surface area contributed by atoms with Gasteiger partial charge in [-0.3, -0.25) is 0 Å². The summed E-state index contributed by atoms with van der Waals surface area (Å²) in [5, 5.41) is 82.9. The average molecular weight is 1030 g/mol. The Balaban J connectivity index is -0.000000803. The van der Waals surface area contributed by atoms with E-state index < -0.39 is 23.9 Å². The molecule has 0 aliphatic carbocycles. The minimum atomic E-state index is -1.33. The molecule has 0 aromatic heterocycles. The number of benzene rings is 4. The minimum absolute atomic E-state index is 0. The van der Waals surface area contributed by atoms with Crippen LogP contribution in [0.5, 0.6) is 23.0 Å². The Labute approximate surface area is 418 Å². The Kier molecular flexibility index (Phi) is 28.6. The molecule has 0 unspecified atom stereocenters. The second-order valence-electron chi connectivity index (χ2n) is 18.4. The largest absolute Gasteiger partial charge is 2.00 e. The maximum absolute atomic E-state index is 10.9. The van der Waals surface area contributed by atoms with Gasteiger partial charge in [0.1, 0.15) is 23.0 Å². The molecule has 4 rings (SSSR count). The number of carbonyl (C=O) groups is 4. The molecule has 0 fully saturated rings. The van der Waals surface area contributed by atoms with E-state index >= 15 is 0 Å². The van der Waals surface area contributed by atoms with E-state index in [4.69, 9.17) is 0 Å². The molecule has 0 aliphatic rings. The molecule has 2 radical (unpaired) electrons. The maximum Gasteiger partial charge on any atom is 2.00 e. The van der Waals surface area contributed by atoms with E-state index in [1.54, 1.807) is 0 Å². The van der Waals surface area contributed by atoms with Crippen molar-refractivity contribution in [3.05, 3.63) is 115 Å². The molecule has 0 atom stereocenters. The van der Waals surface area contributed by atoms with Gasteiger partial charge in [-0.25, -0.2) is 0 Å². The zero-order valence-corrected chi connectivity index (χ0v) is 43.3. The molecule has 13 nitrogen and oxygen atoms in total. The van der Waals surface area contributed by atoms with Crippen LogP contribution in [0, 0.1) is 0 Å². The molecular weight excluding hydrogens is 960 g/mol. The van der Waals surface area contributed by atoms with Crippen molar-refractivity contribution in [1.82, 2.24) is 0 Å². The predicted octanol–water partition coefficient (Wildman–Crippen LogP) is 7.18. The predicted molar refractivity (Wildman–Crippen MR) is 246 cm³/mol. The van der Waals surface area contributed by atoms with Gasteiger partial charge in [0.15, 0.2) is 0 Å². The van der Waals surface area contributed by atoms with Crippen molar-refractivity contribution < 1.29 is 99.6 Å². The van der Waals surface area contributed by atoms with E-state index in [0.717, 1.165) is 22.3 Å². The second kappa shape index (κ2) is 29.0. The number of carboxylic acid groups (broad SMARTS) is 4. The van der Waals surface area contributed by atoms with Crippen LogP contribution in [0.4, 0.5) is 0 Å². The fourth-order valence-corrected chi connectivity index (χ4v) is 6.44. The van der Waals surface area contributed by atoms with Crippen molar-refractivity contribution in [2.24, 2.45) is 0 Å². The third-order valence-corrected chi connectivity index (χ3v) is 10.7. The fourth-order valence-electron chi connectivity index (χ4n) is 6.44. The summed E-state index contributed by atoms with van der Waals surface area (Å²) in [5.41, 5.74) is 5.78. The van der Waals surface area contributed by atoms with Crippen LogP contribution in [0.25, 0.3) is 0 Å². The van der Waals surface area contributed by atoms with Crippen molar-refractivity contribution in [1.29, 1.82) is 0 Å². The van der Waals surface area contributed by atoms with Crippen LogP contribution in [-0.4, -0.2) is 49.8 Å². The Bertz CT molecular complexity index is 1960. The molecule has 0 spiro atoms. The Morgan fingerprint density at radius 2 is 0.448 bits per heavy atom. The first-order valence-electron chi connectivity index (χ1n) is 21.7. The number of rotatable bonds is 12. The standard InChI is InChI=1S/4C13H18O3.2Cu.H2O/c4*1-7(2)9-5-10(8(3)4)12(14)11(6-9)13(15)16;;;/h4*5-8,14H,1-4H3,(H,15,16);;;1H2/q;;;;2*+2;/p-4. The summed E-state index contributed by atoms with van der Waals surface area (Å²) in [6.45, 7) is 31.2. The number of carboxylic acids is 4. The zero-order chi connectivity index (χ0) is 49.8. The molecule has 0 saturated carbocycles. The first-order valence-corrected chi connectivity index (χ1v) is 21.7. The number of hydrogen-bond donors (Lipinski definition) is 4. The molecule has 0 heterocycles. The van der Waals surface area contributed by atoms with Crippen LogP contribution in [-0.2, 0) is 34.1 Å². The number of aromatic hydroxyl groups is 4. The number of carbonyl (C=O) groups excluding carboxylic acids is 4.